The van der Waals surface area contributed by atoms with Gasteiger partial charge in [0.1, 0.15) is 17.2 Å². The number of benzene rings is 2. The van der Waals surface area contributed by atoms with Crippen LogP contribution in [0.5, 0.6) is 5.75 Å². The van der Waals surface area contributed by atoms with E-state index in [0.717, 1.165) is 28.4 Å². The molecule has 2 heterocycles. The van der Waals surface area contributed by atoms with Crippen molar-refractivity contribution in [3.8, 4) is 17.1 Å². The molecule has 0 fully saturated rings. The molecule has 2 aromatic carbocycles. The van der Waals surface area contributed by atoms with Crippen LogP contribution in [-0.2, 0) is 20.9 Å². The third kappa shape index (κ3) is 5.24. The number of methoxy groups -OCH3 is 1. The Morgan fingerprint density at radius 2 is 2.03 bits per heavy atom. The van der Waals surface area contributed by atoms with Crippen LogP contribution in [0.3, 0.4) is 0 Å². The molecule has 11 heteroatoms. The van der Waals surface area contributed by atoms with Gasteiger partial charge in [-0.3, -0.25) is 9.89 Å². The van der Waals surface area contributed by atoms with Gasteiger partial charge in [0.2, 0.25) is 5.16 Å². The Balaban J connectivity index is 1.71. The number of thioether (sulfide) groups is 1. The summed E-state index contributed by atoms with van der Waals surface area (Å²) in [4.78, 5) is 28.8. The maximum Gasteiger partial charge on any atom is 0.342 e. The zero-order valence-corrected chi connectivity index (χ0v) is 21.3. The second-order valence-electron chi connectivity index (χ2n) is 7.63. The van der Waals surface area contributed by atoms with Gasteiger partial charge in [0.25, 0.3) is 0 Å². The molecule has 36 heavy (non-hydrogen) atoms. The number of rotatable bonds is 9. The van der Waals surface area contributed by atoms with Gasteiger partial charge in [0.05, 0.1) is 19.3 Å². The van der Waals surface area contributed by atoms with Crippen LogP contribution in [0.25, 0.3) is 28.4 Å². The van der Waals surface area contributed by atoms with Gasteiger partial charge in [-0.15, -0.1) is 5.10 Å². The minimum atomic E-state index is -1.13. The molecule has 4 aromatic rings. The number of para-hydroxylation sites is 1. The Kier molecular flexibility index (Phi) is 7.66. The van der Waals surface area contributed by atoms with Crippen molar-refractivity contribution in [2.24, 2.45) is 0 Å². The average Bonchev–Trinajstić information content (AvgIpc) is 3.42. The summed E-state index contributed by atoms with van der Waals surface area (Å²) >= 11 is 7.03. The maximum atomic E-state index is 12.2. The zero-order chi connectivity index (χ0) is 25.8. The number of nitrogens with one attached hydrogen (secondary N) is 1. The molecule has 0 spiro atoms. The highest BCUT2D eigenvalue weighted by atomic mass is 35.5. The molecule has 186 valence electrons. The van der Waals surface area contributed by atoms with Crippen molar-refractivity contribution in [3.05, 3.63) is 63.6 Å². The number of carboxylic acid groups (broad SMARTS) is 1. The minimum absolute atomic E-state index is 0.0146. The number of hydrogen-bond donors (Lipinski definition) is 2. The number of carbonyl (C=O) groups is 2. The van der Waals surface area contributed by atoms with Crippen LogP contribution in [0.15, 0.2) is 52.5 Å². The third-order valence-corrected chi connectivity index (χ3v) is 6.55. The zero-order valence-electron chi connectivity index (χ0n) is 19.7. The van der Waals surface area contributed by atoms with Crippen molar-refractivity contribution in [2.75, 3.05) is 13.7 Å². The topological polar surface area (TPSA) is 119 Å². The first-order valence-corrected chi connectivity index (χ1v) is 12.1. The number of aliphatic carboxylic acids is 1. The lowest BCUT2D eigenvalue weighted by atomic mass is 10.1. The summed E-state index contributed by atoms with van der Waals surface area (Å²) in [6, 6.07) is 12.6. The van der Waals surface area contributed by atoms with E-state index in [1.165, 1.54) is 7.11 Å². The molecule has 0 radical (unpaired) electrons. The Bertz CT molecular complexity index is 1480. The van der Waals surface area contributed by atoms with Crippen molar-refractivity contribution >= 4 is 52.3 Å². The fourth-order valence-electron chi connectivity index (χ4n) is 3.82. The highest BCUT2D eigenvalue weighted by molar-refractivity contribution is 8.04. The minimum Gasteiger partial charge on any atom is -0.496 e. The monoisotopic (exact) mass is 526 g/mol. The average molecular weight is 527 g/mol. The molecule has 0 aliphatic carbocycles. The van der Waals surface area contributed by atoms with Crippen LogP contribution in [0, 0.1) is 6.92 Å². The smallest absolute Gasteiger partial charge is 0.342 e. The van der Waals surface area contributed by atoms with Crippen LogP contribution in [-0.4, -0.2) is 50.5 Å². The summed E-state index contributed by atoms with van der Waals surface area (Å²) in [5.74, 6) is -0.558. The number of aromatic nitrogens is 4. The van der Waals surface area contributed by atoms with Gasteiger partial charge in [0, 0.05) is 27.2 Å². The van der Waals surface area contributed by atoms with Crippen LogP contribution >= 0.6 is 23.4 Å². The van der Waals surface area contributed by atoms with E-state index >= 15 is 0 Å². The number of fused-ring (bicyclic) bond motifs is 1. The highest BCUT2D eigenvalue weighted by Gasteiger charge is 2.20. The molecule has 0 amide bonds. The summed E-state index contributed by atoms with van der Waals surface area (Å²) in [6.07, 6.45) is 1.57. The first kappa shape index (κ1) is 25.3. The molecular formula is C25H23ClN4O5S. The van der Waals surface area contributed by atoms with E-state index in [4.69, 9.17) is 21.1 Å². The van der Waals surface area contributed by atoms with Crippen molar-refractivity contribution in [1.29, 1.82) is 0 Å². The Morgan fingerprint density at radius 1 is 1.25 bits per heavy atom. The molecule has 0 atom stereocenters. The summed E-state index contributed by atoms with van der Waals surface area (Å²) in [5, 5.41) is 18.5. The van der Waals surface area contributed by atoms with Gasteiger partial charge in [-0.25, -0.2) is 9.78 Å². The predicted molar refractivity (Wildman–Crippen MR) is 138 cm³/mol. The molecule has 0 bridgehead atoms. The van der Waals surface area contributed by atoms with Gasteiger partial charge in [-0.05, 0) is 56.0 Å². The van der Waals surface area contributed by atoms with E-state index in [-0.39, 0.29) is 29.2 Å². The summed E-state index contributed by atoms with van der Waals surface area (Å²) in [7, 11) is 1.53. The first-order chi connectivity index (χ1) is 17.3. The van der Waals surface area contributed by atoms with E-state index < -0.39 is 5.97 Å². The quantitative estimate of drug-likeness (QED) is 0.174. The molecule has 4 rings (SSSR count). The number of esters is 1. The molecule has 0 saturated heterocycles. The van der Waals surface area contributed by atoms with Gasteiger partial charge < -0.3 is 19.1 Å². The largest absolute Gasteiger partial charge is 0.496 e. The number of aromatic amines is 1. The summed E-state index contributed by atoms with van der Waals surface area (Å²) in [5.41, 5.74) is 2.83. The van der Waals surface area contributed by atoms with Gasteiger partial charge in [0.15, 0.2) is 5.82 Å². The van der Waals surface area contributed by atoms with Gasteiger partial charge in [-0.2, -0.15) is 0 Å². The van der Waals surface area contributed by atoms with Crippen molar-refractivity contribution in [1.82, 2.24) is 19.7 Å². The summed E-state index contributed by atoms with van der Waals surface area (Å²) in [6.45, 7) is 3.89. The van der Waals surface area contributed by atoms with E-state index in [2.05, 4.69) is 15.2 Å². The van der Waals surface area contributed by atoms with E-state index in [1.54, 1.807) is 31.2 Å². The molecule has 0 unspecified atom stereocenters. The number of carbonyl (C=O) groups excluding carboxylic acids is 1. The number of hydrogen-bond acceptors (Lipinski definition) is 7. The third-order valence-electron chi connectivity index (χ3n) is 5.44. The molecule has 0 aliphatic heterocycles. The van der Waals surface area contributed by atoms with Gasteiger partial charge >= 0.3 is 11.9 Å². The van der Waals surface area contributed by atoms with Crippen LogP contribution in [0.2, 0.25) is 5.02 Å². The maximum absolute atomic E-state index is 12.2. The SMILES string of the molecule is CCOC(=O)Cn1c(C)c(/C=C(\Sc2n[nH]c(-c3cc(Cl)ccc3OC)n2)C(=O)O)c2ccccc21. The van der Waals surface area contributed by atoms with E-state index in [0.29, 0.717) is 27.7 Å². The van der Waals surface area contributed by atoms with Crippen molar-refractivity contribution < 1.29 is 24.2 Å². The molecule has 0 aliphatic rings. The van der Waals surface area contributed by atoms with E-state index in [9.17, 15) is 14.7 Å². The normalized spacial score (nSPS) is 11.6. The fourth-order valence-corrected chi connectivity index (χ4v) is 4.68. The summed E-state index contributed by atoms with van der Waals surface area (Å²) < 4.78 is 12.3. The van der Waals surface area contributed by atoms with Crippen LogP contribution < -0.4 is 4.74 Å². The predicted octanol–water partition coefficient (Wildman–Crippen LogP) is 5.18. The number of carboxylic acids is 1. The highest BCUT2D eigenvalue weighted by Crippen LogP contribution is 2.34. The van der Waals surface area contributed by atoms with Gasteiger partial charge in [-0.1, -0.05) is 29.8 Å². The number of H-pyrrole nitrogens is 1. The standard InChI is InChI=1S/C25H23ClN4O5S/c1-4-35-22(31)13-30-14(2)17(16-7-5-6-8-19(16)30)12-21(24(32)33)36-25-27-23(28-29-25)18-11-15(26)9-10-20(18)34-3/h5-12H,4,13H2,1-3H3,(H,32,33)(H,27,28,29)/b21-12-. The lowest BCUT2D eigenvalue weighted by molar-refractivity contribution is -0.143. The molecule has 0 saturated carbocycles. The second kappa shape index (κ2) is 10.9. The van der Waals surface area contributed by atoms with Crippen LogP contribution in [0.4, 0.5) is 0 Å². The number of nitrogens with zero attached hydrogens (tertiary/aromatic N) is 3. The molecule has 9 nitrogen and oxygen atoms in total. The van der Waals surface area contributed by atoms with Crippen molar-refractivity contribution in [2.45, 2.75) is 25.5 Å². The Hall–Kier alpha value is -3.76. The number of halogens is 1. The Morgan fingerprint density at radius 3 is 2.75 bits per heavy atom. The molecule has 2 N–H and O–H groups in total. The van der Waals surface area contributed by atoms with Crippen LogP contribution in [0.1, 0.15) is 18.2 Å². The lowest BCUT2D eigenvalue weighted by Crippen LogP contribution is -2.14. The molecule has 2 aromatic heterocycles. The second-order valence-corrected chi connectivity index (χ2v) is 9.08. The Labute approximate surface area is 216 Å². The lowest BCUT2D eigenvalue weighted by Gasteiger charge is -2.08. The fraction of sp³-hybridized carbons (Fsp3) is 0.200. The first-order valence-electron chi connectivity index (χ1n) is 10.9. The van der Waals surface area contributed by atoms with Crippen molar-refractivity contribution in [3.63, 3.8) is 0 Å². The number of ether oxygens (including phenoxy) is 2. The van der Waals surface area contributed by atoms with E-state index in [1.807, 2.05) is 35.8 Å². The molecular weight excluding hydrogens is 504 g/mol.